The molecule has 320 valence electrons. The molecule has 5 aromatic rings. The average Bonchev–Trinajstić information content (AvgIpc) is 3.27. The Morgan fingerprint density at radius 2 is 1.31 bits per heavy atom. The number of rotatable bonds is 12. The molecule has 4 amide bonds. The van der Waals surface area contributed by atoms with Crippen molar-refractivity contribution in [2.75, 3.05) is 13.2 Å². The molecule has 0 unspecified atom stereocenters. The zero-order chi connectivity index (χ0) is 43.8. The number of carboxylic acid groups (broad SMARTS) is 1. The van der Waals surface area contributed by atoms with Gasteiger partial charge in [-0.15, -0.1) is 0 Å². The van der Waals surface area contributed by atoms with Gasteiger partial charge in [0.05, 0.1) is 6.04 Å². The lowest BCUT2D eigenvalue weighted by Gasteiger charge is -2.26. The summed E-state index contributed by atoms with van der Waals surface area (Å²) in [7, 11) is 0. The van der Waals surface area contributed by atoms with Gasteiger partial charge in [-0.05, 0) is 76.6 Å². The molecule has 0 radical (unpaired) electrons. The molecule has 0 aliphatic carbocycles. The lowest BCUT2D eigenvalue weighted by molar-refractivity contribution is -0.137. The van der Waals surface area contributed by atoms with E-state index in [1.165, 1.54) is 18.2 Å². The van der Waals surface area contributed by atoms with Crippen molar-refractivity contribution in [3.8, 4) is 16.9 Å². The Kier molecular flexibility index (Phi) is 15.6. The fraction of sp³-hybridized carbons (Fsp3) is 0.271. The number of hydrogen-bond acceptors (Lipinski definition) is 8. The smallest absolute Gasteiger partial charge is 0.303 e. The molecular weight excluding hydrogens is 794 g/mol. The molecule has 0 saturated heterocycles. The Balaban J connectivity index is 1.35. The van der Waals surface area contributed by atoms with E-state index < -0.39 is 71.8 Å². The van der Waals surface area contributed by atoms with E-state index in [4.69, 9.17) is 9.84 Å². The van der Waals surface area contributed by atoms with Crippen molar-refractivity contribution < 1.29 is 43.0 Å². The summed E-state index contributed by atoms with van der Waals surface area (Å²) >= 11 is 0. The lowest BCUT2D eigenvalue weighted by atomic mass is 9.89. The number of halogens is 1. The van der Waals surface area contributed by atoms with Crippen LogP contribution in [0, 0.1) is 11.7 Å². The van der Waals surface area contributed by atoms with Gasteiger partial charge in [0.15, 0.2) is 12.4 Å². The van der Waals surface area contributed by atoms with Crippen molar-refractivity contribution in [3.05, 3.63) is 156 Å². The highest BCUT2D eigenvalue weighted by molar-refractivity contribution is 5.96. The van der Waals surface area contributed by atoms with Gasteiger partial charge in [0.25, 0.3) is 5.91 Å². The van der Waals surface area contributed by atoms with Gasteiger partial charge >= 0.3 is 5.97 Å². The number of carbonyl (C=O) groups excluding carboxylic acids is 5. The molecule has 2 bridgehead atoms. The number of nitrogens with one attached hydrogen (secondary N) is 4. The second kappa shape index (κ2) is 21.9. The lowest BCUT2D eigenvalue weighted by Crippen LogP contribution is -2.57. The second-order valence-corrected chi connectivity index (χ2v) is 15.2. The quantitative estimate of drug-likeness (QED) is 0.0885. The highest BCUT2D eigenvalue weighted by Crippen LogP contribution is 2.22. The maximum atomic E-state index is 15.2. The summed E-state index contributed by atoms with van der Waals surface area (Å²) in [5.74, 6) is -5.36. The summed E-state index contributed by atoms with van der Waals surface area (Å²) in [5, 5.41) is 20.2. The normalized spacial score (nSPS) is 18.8. The highest BCUT2D eigenvalue weighted by Gasteiger charge is 2.33. The minimum absolute atomic E-state index is 0.0262. The van der Waals surface area contributed by atoms with Crippen LogP contribution in [0.15, 0.2) is 128 Å². The summed E-state index contributed by atoms with van der Waals surface area (Å²) in [6.45, 7) is -0.388. The third kappa shape index (κ3) is 13.1. The number of fused-ring (bicyclic) bond motifs is 16. The minimum atomic E-state index is -1.34. The topological polar surface area (TPSA) is 193 Å². The Morgan fingerprint density at radius 1 is 0.694 bits per heavy atom. The van der Waals surface area contributed by atoms with Crippen LogP contribution in [0.25, 0.3) is 11.1 Å². The van der Waals surface area contributed by atoms with Crippen molar-refractivity contribution >= 4 is 35.4 Å². The van der Waals surface area contributed by atoms with Crippen LogP contribution < -0.4 is 26.0 Å². The van der Waals surface area contributed by atoms with Gasteiger partial charge in [-0.2, -0.15) is 0 Å². The standard InChI is InChI=1S/C48H48FN5O8/c49-39-10-5-4-9-36(39)28-40-43(55)29-37(46(59)51-22-6-11-45(57)58)25-31-14-18-38(19-15-31)62-30-44(56)52-41(27-33-20-23-50-24-21-33)47(60)54-42(48(61)53-40)26-32-12-16-35(17-13-32)34-7-2-1-3-8-34/h1-5,7-10,12-21,23-24,37,40-42H,6,11,22,25-30H2,(H,51,59)(H,52,56)(H,53,61)(H,54,60)(H,57,58)/t37-,40+,41+,42-/m1/s1. The van der Waals surface area contributed by atoms with E-state index in [0.717, 1.165) is 11.1 Å². The van der Waals surface area contributed by atoms with Crippen LogP contribution in [0.5, 0.6) is 5.75 Å². The van der Waals surface area contributed by atoms with Crippen LogP contribution in [0.2, 0.25) is 0 Å². The van der Waals surface area contributed by atoms with Crippen molar-refractivity contribution in [2.45, 2.75) is 63.1 Å². The number of ether oxygens (including phenoxy) is 1. The number of aliphatic carboxylic acids is 1. The van der Waals surface area contributed by atoms with Crippen molar-refractivity contribution in [3.63, 3.8) is 0 Å². The van der Waals surface area contributed by atoms with Gasteiger partial charge < -0.3 is 31.1 Å². The van der Waals surface area contributed by atoms with Crippen molar-refractivity contribution in [1.82, 2.24) is 26.3 Å². The SMILES string of the molecule is O=C(O)CCCNC(=O)[C@H]1CC(=O)[C@H](Cc2ccccc2F)NC(=O)[C@@H](Cc2ccc(-c3ccccc3)cc2)NC(=O)[C@H](Cc2ccncc2)NC(=O)COc2ccc(cc2)C1. The number of Topliss-reactive ketones (excluding diaryl/α,β-unsaturated/α-hetero) is 1. The maximum Gasteiger partial charge on any atom is 0.303 e. The number of hydrogen-bond donors (Lipinski definition) is 5. The Labute approximate surface area is 358 Å². The number of aromatic nitrogens is 1. The summed E-state index contributed by atoms with van der Waals surface area (Å²) in [6, 6.07) is 29.2. The Morgan fingerprint density at radius 3 is 1.98 bits per heavy atom. The number of benzene rings is 4. The molecule has 0 saturated carbocycles. The molecule has 4 aromatic carbocycles. The summed E-state index contributed by atoms with van der Waals surface area (Å²) < 4.78 is 21.0. The maximum absolute atomic E-state index is 15.2. The number of nitrogens with zero attached hydrogens (tertiary/aromatic N) is 1. The van der Waals surface area contributed by atoms with Gasteiger partial charge in [0.2, 0.25) is 17.7 Å². The number of carboxylic acids is 1. The third-order valence-corrected chi connectivity index (χ3v) is 10.5. The van der Waals surface area contributed by atoms with Crippen molar-refractivity contribution in [2.24, 2.45) is 5.92 Å². The molecule has 5 N–H and O–H groups in total. The molecule has 0 spiro atoms. The van der Waals surface area contributed by atoms with Gasteiger partial charge in [0, 0.05) is 57.0 Å². The molecule has 13 nitrogen and oxygen atoms in total. The summed E-state index contributed by atoms with van der Waals surface area (Å²) in [5.41, 5.74) is 4.06. The van der Waals surface area contributed by atoms with Crippen LogP contribution in [-0.4, -0.2) is 76.7 Å². The first-order valence-electron chi connectivity index (χ1n) is 20.4. The molecular formula is C48H48FN5O8. The van der Waals surface area contributed by atoms with Crippen LogP contribution >= 0.6 is 0 Å². The molecule has 0 fully saturated rings. The van der Waals surface area contributed by atoms with E-state index in [1.54, 1.807) is 54.9 Å². The monoisotopic (exact) mass is 841 g/mol. The zero-order valence-electron chi connectivity index (χ0n) is 33.9. The van der Waals surface area contributed by atoms with E-state index in [0.29, 0.717) is 22.4 Å². The molecule has 1 aromatic heterocycles. The summed E-state index contributed by atoms with van der Waals surface area (Å²) in [6.07, 6.45) is 2.58. The van der Waals surface area contributed by atoms with E-state index in [-0.39, 0.29) is 57.1 Å². The average molecular weight is 842 g/mol. The molecule has 2 aliphatic heterocycles. The first-order chi connectivity index (χ1) is 30.0. The highest BCUT2D eigenvalue weighted by atomic mass is 19.1. The minimum Gasteiger partial charge on any atom is -0.484 e. The third-order valence-electron chi connectivity index (χ3n) is 10.5. The largest absolute Gasteiger partial charge is 0.484 e. The fourth-order valence-electron chi connectivity index (χ4n) is 7.18. The zero-order valence-corrected chi connectivity index (χ0v) is 33.9. The van der Waals surface area contributed by atoms with Crippen LogP contribution in [0.3, 0.4) is 0 Å². The van der Waals surface area contributed by atoms with E-state index in [1.807, 2.05) is 54.6 Å². The molecule has 62 heavy (non-hydrogen) atoms. The predicted molar refractivity (Wildman–Crippen MR) is 228 cm³/mol. The second-order valence-electron chi connectivity index (χ2n) is 15.2. The van der Waals surface area contributed by atoms with Crippen molar-refractivity contribution in [1.29, 1.82) is 0 Å². The van der Waals surface area contributed by atoms with Gasteiger partial charge in [0.1, 0.15) is 23.7 Å². The molecule has 3 heterocycles. The first-order valence-corrected chi connectivity index (χ1v) is 20.4. The number of amides is 4. The number of pyridine rings is 1. The first kappa shape index (κ1) is 44.3. The van der Waals surface area contributed by atoms with Crippen LogP contribution in [0.1, 0.15) is 41.5 Å². The molecule has 2 aliphatic rings. The fourth-order valence-corrected chi connectivity index (χ4v) is 7.18. The van der Waals surface area contributed by atoms with E-state index in [2.05, 4.69) is 26.3 Å². The van der Waals surface area contributed by atoms with Gasteiger partial charge in [-0.25, -0.2) is 4.39 Å². The van der Waals surface area contributed by atoms with E-state index in [9.17, 15) is 28.8 Å². The van der Waals surface area contributed by atoms with E-state index >= 15 is 4.39 Å². The van der Waals surface area contributed by atoms with Crippen LogP contribution in [-0.2, 0) is 54.5 Å². The molecule has 7 rings (SSSR count). The molecule has 14 heteroatoms. The van der Waals surface area contributed by atoms with Gasteiger partial charge in [-0.1, -0.05) is 84.9 Å². The van der Waals surface area contributed by atoms with Crippen LogP contribution in [0.4, 0.5) is 4.39 Å². The Hall–Kier alpha value is -7.22. The molecule has 4 atom stereocenters. The van der Waals surface area contributed by atoms with Gasteiger partial charge in [-0.3, -0.25) is 33.8 Å². The number of carbonyl (C=O) groups is 6. The summed E-state index contributed by atoms with van der Waals surface area (Å²) in [4.78, 5) is 85.4. The predicted octanol–water partition coefficient (Wildman–Crippen LogP) is 4.56. The number of ketones is 1. The Bertz CT molecular complexity index is 2330.